The van der Waals surface area contributed by atoms with Gasteiger partial charge in [0.05, 0.1) is 0 Å². The summed E-state index contributed by atoms with van der Waals surface area (Å²) in [6, 6.07) is 18.0. The second-order valence-corrected chi connectivity index (χ2v) is 6.49. The van der Waals surface area contributed by atoms with Gasteiger partial charge in [-0.15, -0.1) is 0 Å². The largest absolute Gasteiger partial charge is 0.382 e. The molecule has 0 unspecified atom stereocenters. The first-order chi connectivity index (χ1) is 9.76. The summed E-state index contributed by atoms with van der Waals surface area (Å²) in [6.07, 6.45) is 3.56. The van der Waals surface area contributed by atoms with Gasteiger partial charge in [-0.05, 0) is 54.5 Å². The molecular weight excluding hydrogens is 310 g/mol. The third kappa shape index (κ3) is 2.90. The lowest BCUT2D eigenvalue weighted by Gasteiger charge is -2.37. The van der Waals surface area contributed by atoms with Gasteiger partial charge in [0.1, 0.15) is 0 Å². The predicted molar refractivity (Wildman–Crippen MR) is 89.3 cm³/mol. The molecule has 2 heteroatoms. The normalized spacial score (nSPS) is 21.3. The van der Waals surface area contributed by atoms with Gasteiger partial charge >= 0.3 is 0 Å². The minimum absolute atomic E-state index is 0.622. The number of nitrogens with one attached hydrogen (secondary N) is 1. The van der Waals surface area contributed by atoms with Crippen molar-refractivity contribution in [3.63, 3.8) is 0 Å². The molecule has 0 bridgehead atoms. The second kappa shape index (κ2) is 6.01. The van der Waals surface area contributed by atoms with Crippen molar-refractivity contribution in [2.24, 2.45) is 0 Å². The van der Waals surface area contributed by atoms with E-state index in [1.165, 1.54) is 29.7 Å². The van der Waals surface area contributed by atoms with Crippen LogP contribution in [-0.2, 0) is 6.42 Å². The van der Waals surface area contributed by atoms with Crippen LogP contribution in [0.2, 0.25) is 0 Å². The van der Waals surface area contributed by atoms with Crippen molar-refractivity contribution in [3.8, 4) is 0 Å². The average molecular weight is 330 g/mol. The predicted octanol–water partition coefficient (Wildman–Crippen LogP) is 5.37. The Labute approximate surface area is 129 Å². The van der Waals surface area contributed by atoms with E-state index in [4.69, 9.17) is 0 Å². The molecule has 2 aromatic rings. The van der Waals surface area contributed by atoms with Crippen LogP contribution in [0.4, 0.5) is 5.69 Å². The SMILES string of the molecule is CCc1ccccc1NC1CC(c2ccc(Br)cc2)C1. The van der Waals surface area contributed by atoms with Crippen LogP contribution in [0.25, 0.3) is 0 Å². The summed E-state index contributed by atoms with van der Waals surface area (Å²) in [5.74, 6) is 0.717. The van der Waals surface area contributed by atoms with Crippen LogP contribution < -0.4 is 5.32 Å². The highest BCUT2D eigenvalue weighted by Gasteiger charge is 2.30. The quantitative estimate of drug-likeness (QED) is 0.795. The van der Waals surface area contributed by atoms with Crippen LogP contribution in [0.1, 0.15) is 36.8 Å². The van der Waals surface area contributed by atoms with Gasteiger partial charge in [-0.3, -0.25) is 0 Å². The molecule has 0 heterocycles. The van der Waals surface area contributed by atoms with E-state index in [0.29, 0.717) is 6.04 Å². The fourth-order valence-corrected chi connectivity index (χ4v) is 3.20. The van der Waals surface area contributed by atoms with E-state index < -0.39 is 0 Å². The molecule has 1 saturated carbocycles. The minimum Gasteiger partial charge on any atom is -0.382 e. The van der Waals surface area contributed by atoms with Gasteiger partial charge in [-0.25, -0.2) is 0 Å². The van der Waals surface area contributed by atoms with E-state index in [1.54, 1.807) is 0 Å². The molecule has 2 aromatic carbocycles. The molecular formula is C18H20BrN. The van der Waals surface area contributed by atoms with Crippen molar-refractivity contribution >= 4 is 21.6 Å². The van der Waals surface area contributed by atoms with E-state index in [2.05, 4.69) is 76.7 Å². The lowest BCUT2D eigenvalue weighted by atomic mass is 9.76. The Morgan fingerprint density at radius 1 is 1.05 bits per heavy atom. The Balaban J connectivity index is 1.59. The van der Waals surface area contributed by atoms with Gasteiger partial charge in [-0.2, -0.15) is 0 Å². The van der Waals surface area contributed by atoms with Crippen LogP contribution >= 0.6 is 15.9 Å². The molecule has 1 aliphatic carbocycles. The van der Waals surface area contributed by atoms with Crippen molar-refractivity contribution in [1.82, 2.24) is 0 Å². The van der Waals surface area contributed by atoms with E-state index in [-0.39, 0.29) is 0 Å². The highest BCUT2D eigenvalue weighted by atomic mass is 79.9. The van der Waals surface area contributed by atoms with Gasteiger partial charge in [0.25, 0.3) is 0 Å². The number of para-hydroxylation sites is 1. The zero-order chi connectivity index (χ0) is 13.9. The molecule has 1 fully saturated rings. The maximum atomic E-state index is 3.70. The highest BCUT2D eigenvalue weighted by molar-refractivity contribution is 9.10. The lowest BCUT2D eigenvalue weighted by molar-refractivity contribution is 0.374. The molecule has 1 N–H and O–H groups in total. The number of anilines is 1. The number of aryl methyl sites for hydroxylation is 1. The number of hydrogen-bond acceptors (Lipinski definition) is 1. The fraction of sp³-hybridized carbons (Fsp3) is 0.333. The summed E-state index contributed by atoms with van der Waals surface area (Å²) in [6.45, 7) is 2.21. The van der Waals surface area contributed by atoms with Crippen molar-refractivity contribution in [2.45, 2.75) is 38.1 Å². The molecule has 0 amide bonds. The lowest BCUT2D eigenvalue weighted by Crippen LogP contribution is -2.34. The first kappa shape index (κ1) is 13.7. The molecule has 0 atom stereocenters. The minimum atomic E-state index is 0.622. The maximum Gasteiger partial charge on any atom is 0.0374 e. The van der Waals surface area contributed by atoms with Gasteiger partial charge in [-0.1, -0.05) is 53.2 Å². The van der Waals surface area contributed by atoms with E-state index in [1.807, 2.05) is 0 Å². The molecule has 20 heavy (non-hydrogen) atoms. The molecule has 0 saturated heterocycles. The maximum absolute atomic E-state index is 3.70. The first-order valence-corrected chi connectivity index (χ1v) is 8.15. The molecule has 1 aliphatic rings. The van der Waals surface area contributed by atoms with Crippen LogP contribution in [0, 0.1) is 0 Å². The monoisotopic (exact) mass is 329 g/mol. The molecule has 0 aliphatic heterocycles. The summed E-state index contributed by atoms with van der Waals surface area (Å²) in [7, 11) is 0. The summed E-state index contributed by atoms with van der Waals surface area (Å²) < 4.78 is 1.16. The van der Waals surface area contributed by atoms with Gasteiger partial charge in [0.2, 0.25) is 0 Å². The summed E-state index contributed by atoms with van der Waals surface area (Å²) in [5, 5.41) is 3.70. The van der Waals surface area contributed by atoms with Crippen molar-refractivity contribution < 1.29 is 0 Å². The molecule has 0 aromatic heterocycles. The second-order valence-electron chi connectivity index (χ2n) is 5.57. The Kier molecular flexibility index (Phi) is 4.11. The number of hydrogen-bond donors (Lipinski definition) is 1. The highest BCUT2D eigenvalue weighted by Crippen LogP contribution is 2.39. The fourth-order valence-electron chi connectivity index (χ4n) is 2.93. The summed E-state index contributed by atoms with van der Waals surface area (Å²) in [4.78, 5) is 0. The van der Waals surface area contributed by atoms with Gasteiger partial charge in [0.15, 0.2) is 0 Å². The third-order valence-corrected chi connectivity index (χ3v) is 4.77. The van der Waals surface area contributed by atoms with E-state index in [9.17, 15) is 0 Å². The number of benzene rings is 2. The van der Waals surface area contributed by atoms with Crippen molar-refractivity contribution in [2.75, 3.05) is 5.32 Å². The summed E-state index contributed by atoms with van der Waals surface area (Å²) in [5.41, 5.74) is 4.20. The van der Waals surface area contributed by atoms with Crippen molar-refractivity contribution in [1.29, 1.82) is 0 Å². The molecule has 3 rings (SSSR count). The Morgan fingerprint density at radius 2 is 1.75 bits per heavy atom. The van der Waals surface area contributed by atoms with Crippen LogP contribution in [0.5, 0.6) is 0 Å². The number of rotatable bonds is 4. The van der Waals surface area contributed by atoms with Gasteiger partial charge in [0, 0.05) is 16.2 Å². The van der Waals surface area contributed by atoms with E-state index >= 15 is 0 Å². The first-order valence-electron chi connectivity index (χ1n) is 7.36. The smallest absolute Gasteiger partial charge is 0.0374 e. The van der Waals surface area contributed by atoms with Gasteiger partial charge < -0.3 is 5.32 Å². The van der Waals surface area contributed by atoms with Crippen LogP contribution in [0.3, 0.4) is 0 Å². The summed E-state index contributed by atoms with van der Waals surface area (Å²) >= 11 is 3.49. The molecule has 1 nitrogen and oxygen atoms in total. The molecule has 0 spiro atoms. The molecule has 104 valence electrons. The van der Waals surface area contributed by atoms with Crippen molar-refractivity contribution in [3.05, 3.63) is 64.1 Å². The molecule has 0 radical (unpaired) electrons. The average Bonchev–Trinajstić information content (AvgIpc) is 2.44. The van der Waals surface area contributed by atoms with Crippen LogP contribution in [0.15, 0.2) is 53.0 Å². The Morgan fingerprint density at radius 3 is 2.45 bits per heavy atom. The Bertz CT molecular complexity index is 570. The zero-order valence-corrected chi connectivity index (χ0v) is 13.4. The van der Waals surface area contributed by atoms with E-state index in [0.717, 1.165) is 16.8 Å². The third-order valence-electron chi connectivity index (χ3n) is 4.24. The standard InChI is InChI=1S/C18H20BrN/c1-2-13-5-3-4-6-18(13)20-17-11-15(12-17)14-7-9-16(19)10-8-14/h3-10,15,17,20H,2,11-12H2,1H3. The van der Waals surface area contributed by atoms with Crippen LogP contribution in [-0.4, -0.2) is 6.04 Å². The topological polar surface area (TPSA) is 12.0 Å². The Hall–Kier alpha value is -1.28. The number of halogens is 1. The zero-order valence-electron chi connectivity index (χ0n) is 11.8.